The van der Waals surface area contributed by atoms with E-state index in [2.05, 4.69) is 4.74 Å². The van der Waals surface area contributed by atoms with Crippen LogP contribution in [-0.4, -0.2) is 30.2 Å². The second-order valence-corrected chi connectivity index (χ2v) is 3.56. The number of rotatable bonds is 4. The Kier molecular flexibility index (Phi) is 4.33. The van der Waals surface area contributed by atoms with Crippen LogP contribution in [0.25, 0.3) is 0 Å². The van der Waals surface area contributed by atoms with E-state index >= 15 is 0 Å². The number of methoxy groups -OCH3 is 1. The van der Waals surface area contributed by atoms with Crippen molar-refractivity contribution in [1.82, 2.24) is 0 Å². The molecule has 7 heteroatoms. The molecule has 0 aliphatic rings. The number of benzene rings is 1. The molecular formula is C11H11F2NO4. The third-order valence-electron chi connectivity index (χ3n) is 2.32. The number of hydrogen-bond donors (Lipinski definition) is 2. The molecule has 0 aromatic heterocycles. The van der Waals surface area contributed by atoms with Gasteiger partial charge >= 0.3 is 11.9 Å². The average Bonchev–Trinajstić information content (AvgIpc) is 2.31. The van der Waals surface area contributed by atoms with E-state index in [-0.39, 0.29) is 12.0 Å². The fourth-order valence-electron chi connectivity index (χ4n) is 1.43. The molecule has 0 amide bonds. The molecule has 0 fully saturated rings. The number of carboxylic acid groups (broad SMARTS) is 1. The van der Waals surface area contributed by atoms with Gasteiger partial charge in [-0.1, -0.05) is 0 Å². The molecule has 0 saturated carbocycles. The predicted octanol–water partition coefficient (Wildman–Crippen LogP) is 0.706. The van der Waals surface area contributed by atoms with Crippen LogP contribution < -0.4 is 5.73 Å². The molecule has 0 heterocycles. The van der Waals surface area contributed by atoms with E-state index in [4.69, 9.17) is 10.8 Å². The molecule has 0 aliphatic heterocycles. The standard InChI is InChI=1S/C11H11F2NO4/c1-18-11(17)9(14)3-5-2-7(12)8(13)4-6(5)10(15)16/h2,4,9H,3,14H2,1H3,(H,15,16)/t9-/m0/s1. The van der Waals surface area contributed by atoms with Crippen molar-refractivity contribution in [3.63, 3.8) is 0 Å². The molecule has 5 nitrogen and oxygen atoms in total. The van der Waals surface area contributed by atoms with Crippen molar-refractivity contribution >= 4 is 11.9 Å². The zero-order chi connectivity index (χ0) is 13.9. The number of esters is 1. The van der Waals surface area contributed by atoms with E-state index < -0.39 is 35.2 Å². The lowest BCUT2D eigenvalue weighted by molar-refractivity contribution is -0.142. The van der Waals surface area contributed by atoms with Crippen molar-refractivity contribution in [2.75, 3.05) is 7.11 Å². The van der Waals surface area contributed by atoms with Gasteiger partial charge in [-0.25, -0.2) is 13.6 Å². The molecule has 98 valence electrons. The summed E-state index contributed by atoms with van der Waals surface area (Å²) in [7, 11) is 1.12. The van der Waals surface area contributed by atoms with Crippen LogP contribution in [0.3, 0.4) is 0 Å². The Bertz CT molecular complexity index is 490. The van der Waals surface area contributed by atoms with Gasteiger partial charge in [-0.3, -0.25) is 4.79 Å². The number of halogens is 2. The minimum Gasteiger partial charge on any atom is -0.478 e. The molecule has 0 aliphatic carbocycles. The first-order valence-electron chi connectivity index (χ1n) is 4.91. The molecular weight excluding hydrogens is 248 g/mol. The van der Waals surface area contributed by atoms with Crippen molar-refractivity contribution in [3.8, 4) is 0 Å². The number of hydrogen-bond acceptors (Lipinski definition) is 4. The van der Waals surface area contributed by atoms with Crippen molar-refractivity contribution in [1.29, 1.82) is 0 Å². The van der Waals surface area contributed by atoms with Crippen molar-refractivity contribution in [3.05, 3.63) is 34.9 Å². The third kappa shape index (κ3) is 3.01. The zero-order valence-electron chi connectivity index (χ0n) is 9.44. The molecule has 0 bridgehead atoms. The van der Waals surface area contributed by atoms with Crippen molar-refractivity contribution in [2.24, 2.45) is 5.73 Å². The summed E-state index contributed by atoms with van der Waals surface area (Å²) in [5.41, 5.74) is 4.93. The first-order chi connectivity index (χ1) is 8.36. The molecule has 0 saturated heterocycles. The van der Waals surface area contributed by atoms with Gasteiger partial charge in [-0.05, 0) is 24.1 Å². The number of nitrogens with two attached hydrogens (primary N) is 1. The molecule has 0 spiro atoms. The Hall–Kier alpha value is -2.02. The summed E-state index contributed by atoms with van der Waals surface area (Å²) in [4.78, 5) is 21.9. The fourth-order valence-corrected chi connectivity index (χ4v) is 1.43. The third-order valence-corrected chi connectivity index (χ3v) is 2.32. The molecule has 1 atom stereocenters. The van der Waals surface area contributed by atoms with Crippen LogP contribution >= 0.6 is 0 Å². The summed E-state index contributed by atoms with van der Waals surface area (Å²) in [5, 5.41) is 8.84. The maximum absolute atomic E-state index is 13.0. The van der Waals surface area contributed by atoms with E-state index in [1.54, 1.807) is 0 Å². The molecule has 18 heavy (non-hydrogen) atoms. The topological polar surface area (TPSA) is 89.6 Å². The Morgan fingerprint density at radius 1 is 1.39 bits per heavy atom. The maximum atomic E-state index is 13.0. The van der Waals surface area contributed by atoms with Crippen molar-refractivity contribution in [2.45, 2.75) is 12.5 Å². The second-order valence-electron chi connectivity index (χ2n) is 3.56. The normalized spacial score (nSPS) is 12.0. The fraction of sp³-hybridized carbons (Fsp3) is 0.273. The second kappa shape index (κ2) is 5.54. The summed E-state index contributed by atoms with van der Waals surface area (Å²) in [6.45, 7) is 0. The highest BCUT2D eigenvalue weighted by Gasteiger charge is 2.21. The van der Waals surface area contributed by atoms with Crippen LogP contribution in [0.4, 0.5) is 8.78 Å². The lowest BCUT2D eigenvalue weighted by atomic mass is 10.00. The monoisotopic (exact) mass is 259 g/mol. The van der Waals surface area contributed by atoms with Crippen LogP contribution in [0.15, 0.2) is 12.1 Å². The Morgan fingerprint density at radius 2 is 1.94 bits per heavy atom. The highest BCUT2D eigenvalue weighted by atomic mass is 19.2. The van der Waals surface area contributed by atoms with E-state index in [9.17, 15) is 18.4 Å². The van der Waals surface area contributed by atoms with E-state index in [0.29, 0.717) is 12.1 Å². The van der Waals surface area contributed by atoms with E-state index in [1.807, 2.05) is 0 Å². The quantitative estimate of drug-likeness (QED) is 0.777. The van der Waals surface area contributed by atoms with Gasteiger partial charge in [0.2, 0.25) is 0 Å². The lowest BCUT2D eigenvalue weighted by Gasteiger charge is -2.11. The van der Waals surface area contributed by atoms with Crippen LogP contribution in [0.2, 0.25) is 0 Å². The summed E-state index contributed by atoms with van der Waals surface area (Å²) >= 11 is 0. The van der Waals surface area contributed by atoms with Gasteiger partial charge in [-0.2, -0.15) is 0 Å². The van der Waals surface area contributed by atoms with Crippen LogP contribution in [0, 0.1) is 11.6 Å². The number of carboxylic acids is 1. The summed E-state index contributed by atoms with van der Waals surface area (Å²) in [6, 6.07) is 0.122. The summed E-state index contributed by atoms with van der Waals surface area (Å²) in [5.74, 6) is -4.67. The smallest absolute Gasteiger partial charge is 0.336 e. The van der Waals surface area contributed by atoms with E-state index in [1.165, 1.54) is 0 Å². The lowest BCUT2D eigenvalue weighted by Crippen LogP contribution is -2.34. The van der Waals surface area contributed by atoms with Gasteiger partial charge in [-0.15, -0.1) is 0 Å². The Labute approximate surface area is 101 Å². The number of ether oxygens (including phenoxy) is 1. The largest absolute Gasteiger partial charge is 0.478 e. The highest BCUT2D eigenvalue weighted by molar-refractivity contribution is 5.89. The van der Waals surface area contributed by atoms with Gasteiger partial charge in [0.25, 0.3) is 0 Å². The number of aromatic carboxylic acids is 1. The van der Waals surface area contributed by atoms with E-state index in [0.717, 1.165) is 7.11 Å². The highest BCUT2D eigenvalue weighted by Crippen LogP contribution is 2.17. The average molecular weight is 259 g/mol. The van der Waals surface area contributed by atoms with Crippen LogP contribution in [0.5, 0.6) is 0 Å². The van der Waals surface area contributed by atoms with Crippen LogP contribution in [-0.2, 0) is 16.0 Å². The number of carbonyl (C=O) groups excluding carboxylic acids is 1. The van der Waals surface area contributed by atoms with Gasteiger partial charge in [0, 0.05) is 0 Å². The molecule has 0 radical (unpaired) electrons. The van der Waals surface area contributed by atoms with Crippen molar-refractivity contribution < 1.29 is 28.2 Å². The molecule has 3 N–H and O–H groups in total. The minimum absolute atomic E-state index is 0.0701. The van der Waals surface area contributed by atoms with Gasteiger partial charge in [0.15, 0.2) is 11.6 Å². The summed E-state index contributed by atoms with van der Waals surface area (Å²) < 4.78 is 30.3. The number of carbonyl (C=O) groups is 2. The first-order valence-corrected chi connectivity index (χ1v) is 4.91. The molecule has 1 aromatic carbocycles. The maximum Gasteiger partial charge on any atom is 0.336 e. The van der Waals surface area contributed by atoms with Crippen LogP contribution in [0.1, 0.15) is 15.9 Å². The van der Waals surface area contributed by atoms with Gasteiger partial charge in [0.1, 0.15) is 6.04 Å². The molecule has 1 rings (SSSR count). The Morgan fingerprint density at radius 3 is 2.44 bits per heavy atom. The molecule has 1 aromatic rings. The minimum atomic E-state index is -1.43. The Balaban J connectivity index is 3.11. The van der Waals surface area contributed by atoms with Gasteiger partial charge < -0.3 is 15.6 Å². The summed E-state index contributed by atoms with van der Waals surface area (Å²) in [6.07, 6.45) is -0.258. The first kappa shape index (κ1) is 14.0. The predicted molar refractivity (Wildman–Crippen MR) is 57.0 cm³/mol. The zero-order valence-corrected chi connectivity index (χ0v) is 9.44. The SMILES string of the molecule is COC(=O)[C@@H](N)Cc1cc(F)c(F)cc1C(=O)O. The molecule has 0 unspecified atom stereocenters. The van der Waals surface area contributed by atoms with Gasteiger partial charge in [0.05, 0.1) is 12.7 Å².